The molecule has 20 heavy (non-hydrogen) atoms. The zero-order valence-electron chi connectivity index (χ0n) is 13.9. The summed E-state index contributed by atoms with van der Waals surface area (Å²) in [5, 5.41) is 9.28. The normalized spacial score (nSPS) is 22.2. The Labute approximate surface area is 126 Å². The second-order valence-electron chi connectivity index (χ2n) is 6.94. The molecule has 2 heteroatoms. The minimum atomic E-state index is 0.00530. The standard InChI is InChI=1S/C18H37NO/c1-3-4-5-6-7-8-9-10-11-12-13-19(2)16-17-14-18(20)15-17/h17-18,20H,3-16H2,1-2H3. The predicted molar refractivity (Wildman–Crippen MR) is 88.1 cm³/mol. The van der Waals surface area contributed by atoms with E-state index in [4.69, 9.17) is 0 Å². The zero-order chi connectivity index (χ0) is 14.6. The van der Waals surface area contributed by atoms with E-state index in [9.17, 15) is 5.11 Å². The van der Waals surface area contributed by atoms with Gasteiger partial charge in [-0.05, 0) is 38.8 Å². The third-order valence-electron chi connectivity index (χ3n) is 4.67. The molecule has 0 spiro atoms. The van der Waals surface area contributed by atoms with Gasteiger partial charge < -0.3 is 10.0 Å². The van der Waals surface area contributed by atoms with Crippen molar-refractivity contribution in [1.29, 1.82) is 0 Å². The Morgan fingerprint density at radius 2 is 1.35 bits per heavy atom. The van der Waals surface area contributed by atoms with Crippen LogP contribution in [0.2, 0.25) is 0 Å². The van der Waals surface area contributed by atoms with Crippen LogP contribution in [0.4, 0.5) is 0 Å². The first-order chi connectivity index (χ1) is 9.72. The Bertz CT molecular complexity index is 213. The molecule has 0 aromatic heterocycles. The lowest BCUT2D eigenvalue weighted by atomic mass is 9.82. The lowest BCUT2D eigenvalue weighted by molar-refractivity contribution is 0.0282. The molecule has 0 bridgehead atoms. The number of hydrogen-bond acceptors (Lipinski definition) is 2. The quantitative estimate of drug-likeness (QED) is 0.499. The van der Waals surface area contributed by atoms with Crippen LogP contribution in [0, 0.1) is 5.92 Å². The third-order valence-corrected chi connectivity index (χ3v) is 4.67. The number of rotatable bonds is 13. The molecule has 0 atom stereocenters. The van der Waals surface area contributed by atoms with Crippen LogP contribution in [0.1, 0.15) is 84.0 Å². The van der Waals surface area contributed by atoms with E-state index in [-0.39, 0.29) is 6.10 Å². The fraction of sp³-hybridized carbons (Fsp3) is 1.00. The van der Waals surface area contributed by atoms with E-state index in [1.54, 1.807) is 0 Å². The van der Waals surface area contributed by atoms with Crippen molar-refractivity contribution in [2.75, 3.05) is 20.1 Å². The van der Waals surface area contributed by atoms with Crippen LogP contribution in [0.5, 0.6) is 0 Å². The van der Waals surface area contributed by atoms with Gasteiger partial charge in [0.25, 0.3) is 0 Å². The van der Waals surface area contributed by atoms with Gasteiger partial charge in [0, 0.05) is 6.54 Å². The average molecular weight is 284 g/mol. The number of aliphatic hydroxyl groups is 1. The van der Waals surface area contributed by atoms with Gasteiger partial charge in [0.15, 0.2) is 0 Å². The molecular formula is C18H37NO. The minimum absolute atomic E-state index is 0.00530. The SMILES string of the molecule is CCCCCCCCCCCCN(C)CC1CC(O)C1. The summed E-state index contributed by atoms with van der Waals surface area (Å²) in [7, 11) is 2.23. The summed E-state index contributed by atoms with van der Waals surface area (Å²) in [6, 6.07) is 0. The summed E-state index contributed by atoms with van der Waals surface area (Å²) in [5.41, 5.74) is 0. The average Bonchev–Trinajstić information content (AvgIpc) is 2.39. The molecule has 1 aliphatic rings. The third kappa shape index (κ3) is 8.97. The molecule has 0 heterocycles. The molecular weight excluding hydrogens is 246 g/mol. The molecule has 0 saturated heterocycles. The summed E-state index contributed by atoms with van der Waals surface area (Å²) >= 11 is 0. The molecule has 0 aliphatic heterocycles. The van der Waals surface area contributed by atoms with Crippen LogP contribution in [0.15, 0.2) is 0 Å². The van der Waals surface area contributed by atoms with E-state index in [0.717, 1.165) is 18.8 Å². The Balaban J connectivity index is 1.75. The van der Waals surface area contributed by atoms with E-state index in [1.165, 1.54) is 77.3 Å². The van der Waals surface area contributed by atoms with Crippen LogP contribution >= 0.6 is 0 Å². The Kier molecular flexibility index (Phi) is 10.4. The van der Waals surface area contributed by atoms with Gasteiger partial charge in [0.1, 0.15) is 0 Å². The Morgan fingerprint density at radius 1 is 0.850 bits per heavy atom. The summed E-state index contributed by atoms with van der Waals surface area (Å²) in [6.45, 7) is 4.71. The van der Waals surface area contributed by atoms with E-state index in [2.05, 4.69) is 18.9 Å². The zero-order valence-corrected chi connectivity index (χ0v) is 13.9. The minimum Gasteiger partial charge on any atom is -0.393 e. The monoisotopic (exact) mass is 283 g/mol. The van der Waals surface area contributed by atoms with Crippen molar-refractivity contribution in [3.63, 3.8) is 0 Å². The molecule has 1 aliphatic carbocycles. The first kappa shape index (κ1) is 18.0. The van der Waals surface area contributed by atoms with Gasteiger partial charge in [-0.2, -0.15) is 0 Å². The molecule has 1 fully saturated rings. The van der Waals surface area contributed by atoms with Gasteiger partial charge in [-0.25, -0.2) is 0 Å². The highest BCUT2D eigenvalue weighted by atomic mass is 16.3. The summed E-state index contributed by atoms with van der Waals surface area (Å²) in [4.78, 5) is 2.46. The van der Waals surface area contributed by atoms with Crippen LogP contribution in [-0.2, 0) is 0 Å². The maximum atomic E-state index is 9.28. The van der Waals surface area contributed by atoms with Crippen molar-refractivity contribution >= 4 is 0 Å². The Morgan fingerprint density at radius 3 is 1.85 bits per heavy atom. The molecule has 1 rings (SSSR count). The molecule has 0 amide bonds. The second kappa shape index (κ2) is 11.6. The van der Waals surface area contributed by atoms with Crippen LogP contribution in [-0.4, -0.2) is 36.2 Å². The fourth-order valence-electron chi connectivity index (χ4n) is 3.25. The van der Waals surface area contributed by atoms with Crippen molar-refractivity contribution in [1.82, 2.24) is 4.90 Å². The molecule has 1 N–H and O–H groups in total. The molecule has 0 unspecified atom stereocenters. The first-order valence-corrected chi connectivity index (χ1v) is 9.09. The van der Waals surface area contributed by atoms with E-state index in [0.29, 0.717) is 0 Å². The van der Waals surface area contributed by atoms with Gasteiger partial charge in [-0.3, -0.25) is 0 Å². The maximum Gasteiger partial charge on any atom is 0.0546 e. The van der Waals surface area contributed by atoms with Crippen LogP contribution in [0.25, 0.3) is 0 Å². The van der Waals surface area contributed by atoms with Gasteiger partial charge in [-0.15, -0.1) is 0 Å². The molecule has 0 radical (unpaired) electrons. The largest absolute Gasteiger partial charge is 0.393 e. The summed E-state index contributed by atoms with van der Waals surface area (Å²) in [6.07, 6.45) is 16.2. The van der Waals surface area contributed by atoms with E-state index >= 15 is 0 Å². The lowest BCUT2D eigenvalue weighted by Gasteiger charge is -2.34. The van der Waals surface area contributed by atoms with Gasteiger partial charge in [0.2, 0.25) is 0 Å². The summed E-state index contributed by atoms with van der Waals surface area (Å²) in [5.74, 6) is 0.762. The number of hydrogen-bond donors (Lipinski definition) is 1. The molecule has 0 aromatic rings. The fourth-order valence-corrected chi connectivity index (χ4v) is 3.25. The molecule has 2 nitrogen and oxygen atoms in total. The number of aliphatic hydroxyl groups excluding tert-OH is 1. The van der Waals surface area contributed by atoms with Gasteiger partial charge in [0.05, 0.1) is 6.10 Å². The van der Waals surface area contributed by atoms with Gasteiger partial charge >= 0.3 is 0 Å². The second-order valence-corrected chi connectivity index (χ2v) is 6.94. The topological polar surface area (TPSA) is 23.5 Å². The smallest absolute Gasteiger partial charge is 0.0546 e. The van der Waals surface area contributed by atoms with Crippen molar-refractivity contribution in [2.45, 2.75) is 90.1 Å². The molecule has 1 saturated carbocycles. The molecule has 0 aromatic carbocycles. The van der Waals surface area contributed by atoms with E-state index < -0.39 is 0 Å². The predicted octanol–water partition coefficient (Wildman–Crippen LogP) is 4.61. The highest BCUT2D eigenvalue weighted by Gasteiger charge is 2.27. The van der Waals surface area contributed by atoms with Crippen molar-refractivity contribution in [3.05, 3.63) is 0 Å². The summed E-state index contributed by atoms with van der Waals surface area (Å²) < 4.78 is 0. The first-order valence-electron chi connectivity index (χ1n) is 9.09. The Hall–Kier alpha value is -0.0800. The maximum absolute atomic E-state index is 9.28. The van der Waals surface area contributed by atoms with Crippen LogP contribution in [0.3, 0.4) is 0 Å². The lowest BCUT2D eigenvalue weighted by Crippen LogP contribution is -2.37. The van der Waals surface area contributed by atoms with E-state index in [1.807, 2.05) is 0 Å². The van der Waals surface area contributed by atoms with Crippen LogP contribution < -0.4 is 0 Å². The number of nitrogens with zero attached hydrogens (tertiary/aromatic N) is 1. The van der Waals surface area contributed by atoms with Gasteiger partial charge in [-0.1, -0.05) is 64.7 Å². The van der Waals surface area contributed by atoms with Crippen molar-refractivity contribution in [2.24, 2.45) is 5.92 Å². The van der Waals surface area contributed by atoms with Crippen molar-refractivity contribution in [3.8, 4) is 0 Å². The molecule has 120 valence electrons. The number of unbranched alkanes of at least 4 members (excludes halogenated alkanes) is 9. The highest BCUT2D eigenvalue weighted by Crippen LogP contribution is 2.27. The van der Waals surface area contributed by atoms with Crippen molar-refractivity contribution < 1.29 is 5.11 Å². The highest BCUT2D eigenvalue weighted by molar-refractivity contribution is 4.80.